The summed E-state index contributed by atoms with van der Waals surface area (Å²) in [4.78, 5) is 17.1. The Hall–Kier alpha value is -1.66. The molecular formula is C18H25FN2O3. The van der Waals surface area contributed by atoms with E-state index in [0.717, 1.165) is 52.1 Å². The first kappa shape index (κ1) is 17.2. The number of amides is 1. The molecule has 0 unspecified atom stereocenters. The Kier molecular flexibility index (Phi) is 5.68. The van der Waals surface area contributed by atoms with Gasteiger partial charge in [0.15, 0.2) is 11.6 Å². The Labute approximate surface area is 142 Å². The van der Waals surface area contributed by atoms with Crippen molar-refractivity contribution in [2.45, 2.75) is 25.3 Å². The molecule has 3 rings (SSSR count). The van der Waals surface area contributed by atoms with Crippen molar-refractivity contribution in [3.8, 4) is 5.75 Å². The van der Waals surface area contributed by atoms with E-state index in [4.69, 9.17) is 9.47 Å². The fourth-order valence-corrected chi connectivity index (χ4v) is 3.53. The minimum Gasteiger partial charge on any atom is -0.494 e. The smallest absolute Gasteiger partial charge is 0.254 e. The van der Waals surface area contributed by atoms with Crippen molar-refractivity contribution < 1.29 is 18.7 Å². The lowest BCUT2D eigenvalue weighted by Crippen LogP contribution is -2.42. The molecule has 0 bridgehead atoms. The van der Waals surface area contributed by atoms with Crippen LogP contribution in [0.15, 0.2) is 18.2 Å². The van der Waals surface area contributed by atoms with E-state index in [9.17, 15) is 9.18 Å². The molecule has 0 spiro atoms. The van der Waals surface area contributed by atoms with E-state index < -0.39 is 5.82 Å². The third kappa shape index (κ3) is 3.87. The first-order chi connectivity index (χ1) is 11.7. The van der Waals surface area contributed by atoms with Crippen LogP contribution in [0.5, 0.6) is 5.75 Å². The Balaban J connectivity index is 1.63. The van der Waals surface area contributed by atoms with Crippen LogP contribution in [0.1, 0.15) is 29.6 Å². The number of carbonyl (C=O) groups excluding carboxylic acids is 1. The van der Waals surface area contributed by atoms with Crippen molar-refractivity contribution in [2.75, 3.05) is 46.5 Å². The first-order valence-corrected chi connectivity index (χ1v) is 8.63. The summed E-state index contributed by atoms with van der Waals surface area (Å²) < 4.78 is 23.9. The molecule has 0 saturated carbocycles. The van der Waals surface area contributed by atoms with Crippen LogP contribution in [0.2, 0.25) is 0 Å². The predicted molar refractivity (Wildman–Crippen MR) is 88.9 cm³/mol. The van der Waals surface area contributed by atoms with Crippen LogP contribution in [-0.4, -0.2) is 68.3 Å². The van der Waals surface area contributed by atoms with E-state index in [-0.39, 0.29) is 11.7 Å². The summed E-state index contributed by atoms with van der Waals surface area (Å²) in [5.41, 5.74) is 0.479. The molecule has 5 nitrogen and oxygen atoms in total. The maximum atomic E-state index is 13.5. The SMILES string of the molecule is COc1cc(C(=O)N2CCCN(C3CCOCC3)CC2)ccc1F. The van der Waals surface area contributed by atoms with E-state index in [1.54, 1.807) is 0 Å². The van der Waals surface area contributed by atoms with E-state index in [0.29, 0.717) is 18.2 Å². The number of carbonyl (C=O) groups is 1. The number of ether oxygens (including phenoxy) is 2. The molecule has 2 heterocycles. The van der Waals surface area contributed by atoms with Crippen molar-refractivity contribution >= 4 is 5.91 Å². The van der Waals surface area contributed by atoms with Gasteiger partial charge in [-0.3, -0.25) is 9.69 Å². The molecular weight excluding hydrogens is 311 g/mol. The van der Waals surface area contributed by atoms with Crippen LogP contribution in [-0.2, 0) is 4.74 Å². The molecule has 2 aliphatic heterocycles. The number of hydrogen-bond acceptors (Lipinski definition) is 4. The van der Waals surface area contributed by atoms with Gasteiger partial charge in [-0.1, -0.05) is 0 Å². The van der Waals surface area contributed by atoms with Crippen LogP contribution in [0.3, 0.4) is 0 Å². The van der Waals surface area contributed by atoms with Crippen LogP contribution >= 0.6 is 0 Å². The molecule has 2 aliphatic rings. The Morgan fingerprint density at radius 1 is 1.21 bits per heavy atom. The highest BCUT2D eigenvalue weighted by atomic mass is 19.1. The van der Waals surface area contributed by atoms with Gasteiger partial charge in [-0.2, -0.15) is 0 Å². The van der Waals surface area contributed by atoms with Gasteiger partial charge in [0.2, 0.25) is 0 Å². The molecule has 2 fully saturated rings. The lowest BCUT2D eigenvalue weighted by Gasteiger charge is -2.33. The number of hydrogen-bond donors (Lipinski definition) is 0. The predicted octanol–water partition coefficient (Wildman–Crippen LogP) is 2.16. The fourth-order valence-electron chi connectivity index (χ4n) is 3.53. The largest absolute Gasteiger partial charge is 0.494 e. The van der Waals surface area contributed by atoms with Gasteiger partial charge in [0.05, 0.1) is 7.11 Å². The topological polar surface area (TPSA) is 42.0 Å². The first-order valence-electron chi connectivity index (χ1n) is 8.63. The van der Waals surface area contributed by atoms with E-state index in [1.165, 1.54) is 25.3 Å². The molecule has 132 valence electrons. The molecule has 2 saturated heterocycles. The quantitative estimate of drug-likeness (QED) is 0.848. The summed E-state index contributed by atoms with van der Waals surface area (Å²) in [6.45, 7) is 5.00. The van der Waals surface area contributed by atoms with Crippen LogP contribution in [0.25, 0.3) is 0 Å². The number of nitrogens with zero attached hydrogens (tertiary/aromatic N) is 2. The van der Waals surface area contributed by atoms with Gasteiger partial charge >= 0.3 is 0 Å². The lowest BCUT2D eigenvalue weighted by atomic mass is 10.1. The second-order valence-electron chi connectivity index (χ2n) is 6.37. The number of methoxy groups -OCH3 is 1. The van der Waals surface area contributed by atoms with Gasteiger partial charge in [0.1, 0.15) is 0 Å². The monoisotopic (exact) mass is 336 g/mol. The minimum atomic E-state index is -0.449. The average Bonchev–Trinajstić information content (AvgIpc) is 2.88. The molecule has 6 heteroatoms. The number of halogens is 1. The highest BCUT2D eigenvalue weighted by Crippen LogP contribution is 2.21. The zero-order valence-corrected chi connectivity index (χ0v) is 14.2. The molecule has 0 radical (unpaired) electrons. The zero-order chi connectivity index (χ0) is 16.9. The van der Waals surface area contributed by atoms with Crippen LogP contribution < -0.4 is 4.74 Å². The summed E-state index contributed by atoms with van der Waals surface area (Å²) >= 11 is 0. The summed E-state index contributed by atoms with van der Waals surface area (Å²) in [6, 6.07) is 4.87. The van der Waals surface area contributed by atoms with Gasteiger partial charge < -0.3 is 14.4 Å². The van der Waals surface area contributed by atoms with Crippen molar-refractivity contribution in [2.24, 2.45) is 0 Å². The minimum absolute atomic E-state index is 0.0536. The molecule has 24 heavy (non-hydrogen) atoms. The lowest BCUT2D eigenvalue weighted by molar-refractivity contribution is 0.0351. The molecule has 0 atom stereocenters. The second-order valence-corrected chi connectivity index (χ2v) is 6.37. The van der Waals surface area contributed by atoms with Crippen molar-refractivity contribution in [3.05, 3.63) is 29.6 Å². The number of rotatable bonds is 3. The fraction of sp³-hybridized carbons (Fsp3) is 0.611. The van der Waals surface area contributed by atoms with Crippen molar-refractivity contribution in [3.63, 3.8) is 0 Å². The maximum absolute atomic E-state index is 13.5. The summed E-state index contributed by atoms with van der Waals surface area (Å²) in [6.07, 6.45) is 3.10. The zero-order valence-electron chi connectivity index (χ0n) is 14.2. The summed E-state index contributed by atoms with van der Waals surface area (Å²) in [5, 5.41) is 0. The highest BCUT2D eigenvalue weighted by Gasteiger charge is 2.26. The molecule has 1 aromatic carbocycles. The normalized spacial score (nSPS) is 20.7. The molecule has 0 aliphatic carbocycles. The third-order valence-corrected chi connectivity index (χ3v) is 4.92. The van der Waals surface area contributed by atoms with Crippen LogP contribution in [0.4, 0.5) is 4.39 Å². The van der Waals surface area contributed by atoms with Gasteiger partial charge in [0.25, 0.3) is 5.91 Å². The standard InChI is InChI=1S/C18H25FN2O3/c1-23-17-13-14(3-4-16(17)19)18(22)21-8-2-7-20(9-10-21)15-5-11-24-12-6-15/h3-4,13,15H,2,5-12H2,1H3. The highest BCUT2D eigenvalue weighted by molar-refractivity contribution is 5.94. The molecule has 1 amide bonds. The Morgan fingerprint density at radius 3 is 2.75 bits per heavy atom. The van der Waals surface area contributed by atoms with Crippen LogP contribution in [0, 0.1) is 5.82 Å². The van der Waals surface area contributed by atoms with Gasteiger partial charge in [0, 0.05) is 51.0 Å². The van der Waals surface area contributed by atoms with Gasteiger partial charge in [-0.15, -0.1) is 0 Å². The third-order valence-electron chi connectivity index (χ3n) is 4.92. The Bertz CT molecular complexity index is 575. The van der Waals surface area contributed by atoms with E-state index >= 15 is 0 Å². The van der Waals surface area contributed by atoms with Crippen molar-refractivity contribution in [1.82, 2.24) is 9.80 Å². The van der Waals surface area contributed by atoms with E-state index in [2.05, 4.69) is 4.90 Å². The van der Waals surface area contributed by atoms with E-state index in [1.807, 2.05) is 4.90 Å². The summed E-state index contributed by atoms with van der Waals surface area (Å²) in [7, 11) is 1.41. The van der Waals surface area contributed by atoms with Gasteiger partial charge in [-0.25, -0.2) is 4.39 Å². The molecule has 1 aromatic rings. The molecule has 0 N–H and O–H groups in total. The second kappa shape index (κ2) is 7.94. The maximum Gasteiger partial charge on any atom is 0.254 e. The van der Waals surface area contributed by atoms with Gasteiger partial charge in [-0.05, 0) is 37.5 Å². The Morgan fingerprint density at radius 2 is 2.00 bits per heavy atom. The number of benzene rings is 1. The summed E-state index contributed by atoms with van der Waals surface area (Å²) in [5.74, 6) is -0.391. The molecule has 0 aromatic heterocycles. The average molecular weight is 336 g/mol. The van der Waals surface area contributed by atoms with Crippen molar-refractivity contribution in [1.29, 1.82) is 0 Å².